The van der Waals surface area contributed by atoms with Gasteiger partial charge in [0.05, 0.1) is 0 Å². The summed E-state index contributed by atoms with van der Waals surface area (Å²) in [5.74, 6) is 0.734. The average molecular weight is 287 g/mol. The van der Waals surface area contributed by atoms with Crippen LogP contribution in [0.5, 0.6) is 11.5 Å². The monoisotopic (exact) mass is 287 g/mol. The highest BCUT2D eigenvalue weighted by Crippen LogP contribution is 2.29. The van der Waals surface area contributed by atoms with E-state index >= 15 is 0 Å². The van der Waals surface area contributed by atoms with Crippen LogP contribution in [0.1, 0.15) is 24.1 Å². The molecule has 110 valence electrons. The molecule has 3 nitrogen and oxygen atoms in total. The van der Waals surface area contributed by atoms with Gasteiger partial charge in [0, 0.05) is 12.5 Å². The van der Waals surface area contributed by atoms with Crippen LogP contribution in [0.3, 0.4) is 0 Å². The third kappa shape index (κ3) is 3.00. The van der Waals surface area contributed by atoms with Crippen molar-refractivity contribution in [1.82, 2.24) is 0 Å². The van der Waals surface area contributed by atoms with Gasteiger partial charge in [0.15, 0.2) is 11.6 Å². The van der Waals surface area contributed by atoms with Gasteiger partial charge in [0.2, 0.25) is 0 Å². The van der Waals surface area contributed by atoms with Crippen molar-refractivity contribution >= 4 is 0 Å². The summed E-state index contributed by atoms with van der Waals surface area (Å²) in [7, 11) is 0. The van der Waals surface area contributed by atoms with Gasteiger partial charge >= 0.3 is 0 Å². The molecule has 2 aromatic rings. The van der Waals surface area contributed by atoms with E-state index in [9.17, 15) is 4.39 Å². The predicted molar refractivity (Wildman–Crippen MR) is 79.1 cm³/mol. The quantitative estimate of drug-likeness (QED) is 0.939. The van der Waals surface area contributed by atoms with Crippen molar-refractivity contribution in [1.29, 1.82) is 0 Å². The zero-order chi connectivity index (χ0) is 14.8. The molecule has 0 spiro atoms. The Balaban J connectivity index is 1.62. The van der Waals surface area contributed by atoms with E-state index in [1.807, 2.05) is 31.2 Å². The number of halogens is 1. The van der Waals surface area contributed by atoms with E-state index < -0.39 is 0 Å². The van der Waals surface area contributed by atoms with Crippen molar-refractivity contribution in [3.63, 3.8) is 0 Å². The van der Waals surface area contributed by atoms with Gasteiger partial charge in [-0.25, -0.2) is 4.39 Å². The van der Waals surface area contributed by atoms with Crippen LogP contribution >= 0.6 is 0 Å². The largest absolute Gasteiger partial charge is 0.487 e. The molecule has 0 fully saturated rings. The summed E-state index contributed by atoms with van der Waals surface area (Å²) < 4.78 is 25.2. The number of rotatable bonds is 4. The molecule has 0 aliphatic carbocycles. The van der Waals surface area contributed by atoms with Crippen molar-refractivity contribution in [2.45, 2.75) is 25.5 Å². The molecule has 1 heterocycles. The fraction of sp³-hybridized carbons (Fsp3) is 0.294. The van der Waals surface area contributed by atoms with Gasteiger partial charge < -0.3 is 15.2 Å². The fourth-order valence-electron chi connectivity index (χ4n) is 2.45. The van der Waals surface area contributed by atoms with Gasteiger partial charge in [-0.3, -0.25) is 0 Å². The Morgan fingerprint density at radius 3 is 2.86 bits per heavy atom. The maximum Gasteiger partial charge on any atom is 0.165 e. The van der Waals surface area contributed by atoms with E-state index in [0.717, 1.165) is 17.7 Å². The second kappa shape index (κ2) is 5.74. The Labute approximate surface area is 123 Å². The molecule has 0 radical (unpaired) electrons. The van der Waals surface area contributed by atoms with Crippen molar-refractivity contribution in [3.8, 4) is 11.5 Å². The van der Waals surface area contributed by atoms with Gasteiger partial charge in [-0.15, -0.1) is 0 Å². The van der Waals surface area contributed by atoms with Crippen LogP contribution in [0.25, 0.3) is 0 Å². The molecular weight excluding hydrogens is 269 g/mol. The first-order chi connectivity index (χ1) is 10.1. The topological polar surface area (TPSA) is 44.5 Å². The molecule has 1 aliphatic rings. The minimum Gasteiger partial charge on any atom is -0.487 e. The second-order valence-corrected chi connectivity index (χ2v) is 5.34. The average Bonchev–Trinajstić information content (AvgIpc) is 2.88. The Kier molecular flexibility index (Phi) is 3.80. The predicted octanol–water partition coefficient (Wildman–Crippen LogP) is 3.23. The van der Waals surface area contributed by atoms with Gasteiger partial charge in [-0.2, -0.15) is 0 Å². The van der Waals surface area contributed by atoms with Gasteiger partial charge in [-0.05, 0) is 36.2 Å². The molecule has 1 aliphatic heterocycles. The highest BCUT2D eigenvalue weighted by Gasteiger charge is 2.23. The van der Waals surface area contributed by atoms with Crippen LogP contribution in [0.4, 0.5) is 4.39 Å². The van der Waals surface area contributed by atoms with Gasteiger partial charge in [0.25, 0.3) is 0 Å². The number of fused-ring (bicyclic) bond motifs is 1. The highest BCUT2D eigenvalue weighted by atomic mass is 19.1. The normalized spacial score (nSPS) is 18.0. The highest BCUT2D eigenvalue weighted by molar-refractivity contribution is 5.37. The van der Waals surface area contributed by atoms with Crippen molar-refractivity contribution in [3.05, 3.63) is 59.4 Å². The third-order valence-electron chi connectivity index (χ3n) is 3.62. The molecule has 0 amide bonds. The summed E-state index contributed by atoms with van der Waals surface area (Å²) in [6.07, 6.45) is 0.713. The molecule has 4 heteroatoms. The molecule has 2 aromatic carbocycles. The maximum absolute atomic E-state index is 13.9. The minimum atomic E-state index is -0.389. The third-order valence-corrected chi connectivity index (χ3v) is 3.62. The SMILES string of the molecule is CC(N)c1ccc(OCC2Cc3ccccc3O2)c(F)c1. The minimum absolute atomic E-state index is 0.0742. The van der Waals surface area contributed by atoms with E-state index in [1.165, 1.54) is 11.6 Å². The number of para-hydroxylation sites is 1. The van der Waals surface area contributed by atoms with Crippen LogP contribution in [-0.4, -0.2) is 12.7 Å². The number of ether oxygens (including phenoxy) is 2. The molecule has 0 aromatic heterocycles. The number of hydrogen-bond donors (Lipinski definition) is 1. The molecule has 0 saturated heterocycles. The van der Waals surface area contributed by atoms with Crippen molar-refractivity contribution in [2.75, 3.05) is 6.61 Å². The smallest absolute Gasteiger partial charge is 0.165 e. The van der Waals surface area contributed by atoms with E-state index in [1.54, 1.807) is 12.1 Å². The molecule has 3 rings (SSSR count). The van der Waals surface area contributed by atoms with Crippen LogP contribution in [0.2, 0.25) is 0 Å². The zero-order valence-corrected chi connectivity index (χ0v) is 11.9. The second-order valence-electron chi connectivity index (χ2n) is 5.34. The molecular formula is C17H18FNO2. The summed E-state index contributed by atoms with van der Waals surface area (Å²) in [6, 6.07) is 12.5. The molecule has 21 heavy (non-hydrogen) atoms. The zero-order valence-electron chi connectivity index (χ0n) is 11.9. The lowest BCUT2D eigenvalue weighted by molar-refractivity contribution is 0.145. The molecule has 2 atom stereocenters. The first-order valence-electron chi connectivity index (χ1n) is 7.06. The first kappa shape index (κ1) is 13.9. The van der Waals surface area contributed by atoms with E-state index in [2.05, 4.69) is 0 Å². The van der Waals surface area contributed by atoms with Gasteiger partial charge in [-0.1, -0.05) is 24.3 Å². The van der Waals surface area contributed by atoms with Crippen LogP contribution in [-0.2, 0) is 6.42 Å². The summed E-state index contributed by atoms with van der Waals surface area (Å²) in [5.41, 5.74) is 7.65. The van der Waals surface area contributed by atoms with Crippen LogP contribution in [0, 0.1) is 5.82 Å². The Morgan fingerprint density at radius 2 is 2.14 bits per heavy atom. The first-order valence-corrected chi connectivity index (χ1v) is 7.06. The van der Waals surface area contributed by atoms with Gasteiger partial charge in [0.1, 0.15) is 18.5 Å². The lowest BCUT2D eigenvalue weighted by Crippen LogP contribution is -2.22. The maximum atomic E-state index is 13.9. The Bertz CT molecular complexity index is 617. The lowest BCUT2D eigenvalue weighted by Gasteiger charge is -2.14. The standard InChI is InChI=1S/C17H18FNO2/c1-11(19)12-6-7-17(15(18)9-12)20-10-14-8-13-4-2-3-5-16(13)21-14/h2-7,9,11,14H,8,10,19H2,1H3. The van der Waals surface area contributed by atoms with Crippen LogP contribution in [0.15, 0.2) is 42.5 Å². The molecule has 0 bridgehead atoms. The molecule has 2 unspecified atom stereocenters. The summed E-state index contributed by atoms with van der Waals surface area (Å²) in [5, 5.41) is 0. The summed E-state index contributed by atoms with van der Waals surface area (Å²) in [6.45, 7) is 2.14. The van der Waals surface area contributed by atoms with E-state index in [0.29, 0.717) is 6.61 Å². The molecule has 2 N–H and O–H groups in total. The number of nitrogens with two attached hydrogens (primary N) is 1. The van der Waals surface area contributed by atoms with E-state index in [4.69, 9.17) is 15.2 Å². The Morgan fingerprint density at radius 1 is 1.33 bits per heavy atom. The molecule has 0 saturated carbocycles. The van der Waals surface area contributed by atoms with Crippen LogP contribution < -0.4 is 15.2 Å². The lowest BCUT2D eigenvalue weighted by atomic mass is 10.1. The number of benzene rings is 2. The van der Waals surface area contributed by atoms with Crippen molar-refractivity contribution < 1.29 is 13.9 Å². The Hall–Kier alpha value is -2.07. The summed E-state index contributed by atoms with van der Waals surface area (Å²) >= 11 is 0. The summed E-state index contributed by atoms with van der Waals surface area (Å²) in [4.78, 5) is 0. The number of hydrogen-bond acceptors (Lipinski definition) is 3. The fourth-order valence-corrected chi connectivity index (χ4v) is 2.45. The van der Waals surface area contributed by atoms with E-state index in [-0.39, 0.29) is 23.7 Å². The van der Waals surface area contributed by atoms with Crippen molar-refractivity contribution in [2.24, 2.45) is 5.73 Å².